The van der Waals surface area contributed by atoms with Crippen LogP contribution in [-0.2, 0) is 13.0 Å². The van der Waals surface area contributed by atoms with E-state index in [1.807, 2.05) is 0 Å². The summed E-state index contributed by atoms with van der Waals surface area (Å²) in [7, 11) is 2.11. The average molecular weight is 303 g/mol. The highest BCUT2D eigenvalue weighted by atomic mass is 35.5. The number of nitrogens with zero attached hydrogens (tertiary/aromatic N) is 1. The molecule has 0 unspecified atom stereocenters. The van der Waals surface area contributed by atoms with Gasteiger partial charge in [0.1, 0.15) is 0 Å². The molecule has 0 bridgehead atoms. The largest absolute Gasteiger partial charge is 0.374 e. The van der Waals surface area contributed by atoms with Crippen molar-refractivity contribution in [2.45, 2.75) is 19.9 Å². The number of benzene rings is 2. The fourth-order valence-electron chi connectivity index (χ4n) is 2.25. The number of rotatable bonds is 7. The number of hydrogen-bond acceptors (Lipinski definition) is 2. The minimum atomic E-state index is 0.823. The van der Waals surface area contributed by atoms with Gasteiger partial charge in [0, 0.05) is 30.8 Å². The van der Waals surface area contributed by atoms with Crippen LogP contribution in [0.25, 0.3) is 0 Å². The Kier molecular flexibility index (Phi) is 6.09. The van der Waals surface area contributed by atoms with Gasteiger partial charge in [0.2, 0.25) is 0 Å². The van der Waals surface area contributed by atoms with E-state index in [1.165, 1.54) is 5.56 Å². The molecule has 0 aliphatic heterocycles. The minimum absolute atomic E-state index is 0.823. The maximum atomic E-state index is 6.36. The van der Waals surface area contributed by atoms with E-state index in [4.69, 9.17) is 11.6 Å². The molecule has 0 aliphatic carbocycles. The van der Waals surface area contributed by atoms with E-state index in [0.717, 1.165) is 42.3 Å². The first-order chi connectivity index (χ1) is 10.2. The zero-order valence-electron chi connectivity index (χ0n) is 12.8. The van der Waals surface area contributed by atoms with E-state index in [2.05, 4.69) is 72.7 Å². The monoisotopic (exact) mass is 302 g/mol. The lowest BCUT2D eigenvalue weighted by Gasteiger charge is -2.20. The fraction of sp³-hybridized carbons (Fsp3) is 0.333. The highest BCUT2D eigenvalue weighted by molar-refractivity contribution is 6.31. The van der Waals surface area contributed by atoms with Crippen LogP contribution in [0, 0.1) is 0 Å². The molecule has 0 saturated carbocycles. The highest BCUT2D eigenvalue weighted by Gasteiger charge is 2.05. The Balaban J connectivity index is 1.96. The molecule has 0 amide bonds. The number of nitrogens with one attached hydrogen (secondary N) is 1. The topological polar surface area (TPSA) is 15.3 Å². The predicted molar refractivity (Wildman–Crippen MR) is 92.2 cm³/mol. The number of anilines is 1. The molecule has 2 aromatic rings. The van der Waals surface area contributed by atoms with Crippen molar-refractivity contribution in [1.29, 1.82) is 0 Å². The first-order valence-electron chi connectivity index (χ1n) is 7.45. The SMILES string of the molecule is CCNCc1ccc(N(C)CCc2ccccc2)cc1Cl. The van der Waals surface area contributed by atoms with Gasteiger partial charge in [-0.15, -0.1) is 0 Å². The molecule has 0 saturated heterocycles. The molecule has 2 nitrogen and oxygen atoms in total. The second-order valence-electron chi connectivity index (χ2n) is 5.21. The quantitative estimate of drug-likeness (QED) is 0.827. The van der Waals surface area contributed by atoms with E-state index < -0.39 is 0 Å². The molecule has 0 aliphatic rings. The van der Waals surface area contributed by atoms with Crippen molar-refractivity contribution >= 4 is 17.3 Å². The van der Waals surface area contributed by atoms with Crippen molar-refractivity contribution in [2.75, 3.05) is 25.0 Å². The summed E-state index contributed by atoms with van der Waals surface area (Å²) in [5.41, 5.74) is 3.68. The van der Waals surface area contributed by atoms with Gasteiger partial charge >= 0.3 is 0 Å². The Morgan fingerprint density at radius 2 is 1.86 bits per heavy atom. The lowest BCUT2D eigenvalue weighted by Crippen LogP contribution is -2.20. The van der Waals surface area contributed by atoms with Gasteiger partial charge in [-0.3, -0.25) is 0 Å². The van der Waals surface area contributed by atoms with E-state index in [0.29, 0.717) is 0 Å². The summed E-state index contributed by atoms with van der Waals surface area (Å²) >= 11 is 6.36. The third-order valence-corrected chi connectivity index (χ3v) is 3.97. The summed E-state index contributed by atoms with van der Waals surface area (Å²) in [5.74, 6) is 0. The van der Waals surface area contributed by atoms with Crippen molar-refractivity contribution in [3.05, 3.63) is 64.7 Å². The molecule has 0 fully saturated rings. The first-order valence-corrected chi connectivity index (χ1v) is 7.82. The van der Waals surface area contributed by atoms with Gasteiger partial charge in [-0.05, 0) is 36.2 Å². The second kappa shape index (κ2) is 8.06. The predicted octanol–water partition coefficient (Wildman–Crippen LogP) is 4.13. The minimum Gasteiger partial charge on any atom is -0.374 e. The second-order valence-corrected chi connectivity index (χ2v) is 5.62. The molecular formula is C18H23ClN2. The van der Waals surface area contributed by atoms with E-state index in [9.17, 15) is 0 Å². The summed E-state index contributed by atoms with van der Waals surface area (Å²) < 4.78 is 0. The van der Waals surface area contributed by atoms with Crippen molar-refractivity contribution in [1.82, 2.24) is 5.32 Å². The molecular weight excluding hydrogens is 280 g/mol. The molecule has 0 radical (unpaired) electrons. The van der Waals surface area contributed by atoms with Crippen LogP contribution in [0.15, 0.2) is 48.5 Å². The Bertz CT molecular complexity index is 554. The van der Waals surface area contributed by atoms with Crippen LogP contribution in [0.2, 0.25) is 5.02 Å². The molecule has 21 heavy (non-hydrogen) atoms. The number of likely N-dealkylation sites (N-methyl/N-ethyl adjacent to an activating group) is 1. The van der Waals surface area contributed by atoms with Gasteiger partial charge in [0.25, 0.3) is 0 Å². The summed E-state index contributed by atoms with van der Waals surface area (Å²) in [5, 5.41) is 4.14. The average Bonchev–Trinajstić information content (AvgIpc) is 2.52. The van der Waals surface area contributed by atoms with Crippen molar-refractivity contribution < 1.29 is 0 Å². The van der Waals surface area contributed by atoms with Crippen LogP contribution < -0.4 is 10.2 Å². The lowest BCUT2D eigenvalue weighted by atomic mass is 10.1. The maximum absolute atomic E-state index is 6.36. The molecule has 112 valence electrons. The number of hydrogen-bond donors (Lipinski definition) is 1. The van der Waals surface area contributed by atoms with Gasteiger partial charge in [0.05, 0.1) is 0 Å². The Labute approximate surface area is 132 Å². The first kappa shape index (κ1) is 15.9. The van der Waals surface area contributed by atoms with Crippen LogP contribution >= 0.6 is 11.6 Å². The molecule has 1 N–H and O–H groups in total. The summed E-state index contributed by atoms with van der Waals surface area (Å²) in [4.78, 5) is 2.25. The molecule has 2 rings (SSSR count). The Morgan fingerprint density at radius 1 is 1.10 bits per heavy atom. The van der Waals surface area contributed by atoms with Crippen LogP contribution in [0.5, 0.6) is 0 Å². The van der Waals surface area contributed by atoms with Crippen molar-refractivity contribution in [3.8, 4) is 0 Å². The summed E-state index contributed by atoms with van der Waals surface area (Å²) in [6.07, 6.45) is 1.04. The summed E-state index contributed by atoms with van der Waals surface area (Å²) in [6.45, 7) is 4.85. The van der Waals surface area contributed by atoms with Gasteiger partial charge in [-0.2, -0.15) is 0 Å². The maximum Gasteiger partial charge on any atom is 0.0471 e. The highest BCUT2D eigenvalue weighted by Crippen LogP contribution is 2.23. The van der Waals surface area contributed by atoms with Crippen LogP contribution in [0.4, 0.5) is 5.69 Å². The third kappa shape index (κ3) is 4.76. The van der Waals surface area contributed by atoms with E-state index >= 15 is 0 Å². The molecule has 0 spiro atoms. The van der Waals surface area contributed by atoms with Gasteiger partial charge < -0.3 is 10.2 Å². The van der Waals surface area contributed by atoms with Gasteiger partial charge in [0.15, 0.2) is 0 Å². The standard InChI is InChI=1S/C18H23ClN2/c1-3-20-14-16-9-10-17(13-18(16)19)21(2)12-11-15-7-5-4-6-8-15/h4-10,13,20H,3,11-12,14H2,1-2H3. The van der Waals surface area contributed by atoms with Crippen LogP contribution in [0.3, 0.4) is 0 Å². The Hall–Kier alpha value is -1.51. The normalized spacial score (nSPS) is 10.6. The number of halogens is 1. The van der Waals surface area contributed by atoms with Gasteiger partial charge in [-0.25, -0.2) is 0 Å². The molecule has 0 aromatic heterocycles. The van der Waals surface area contributed by atoms with Crippen molar-refractivity contribution in [2.24, 2.45) is 0 Å². The molecule has 0 heterocycles. The van der Waals surface area contributed by atoms with Crippen molar-refractivity contribution in [3.63, 3.8) is 0 Å². The van der Waals surface area contributed by atoms with Crippen LogP contribution in [-0.4, -0.2) is 20.1 Å². The summed E-state index contributed by atoms with van der Waals surface area (Å²) in [6, 6.07) is 16.9. The Morgan fingerprint density at radius 3 is 2.52 bits per heavy atom. The fourth-order valence-corrected chi connectivity index (χ4v) is 2.49. The van der Waals surface area contributed by atoms with E-state index in [-0.39, 0.29) is 0 Å². The van der Waals surface area contributed by atoms with Gasteiger partial charge in [-0.1, -0.05) is 54.9 Å². The van der Waals surface area contributed by atoms with E-state index in [1.54, 1.807) is 0 Å². The zero-order valence-corrected chi connectivity index (χ0v) is 13.5. The lowest BCUT2D eigenvalue weighted by molar-refractivity contribution is 0.727. The smallest absolute Gasteiger partial charge is 0.0471 e. The third-order valence-electron chi connectivity index (χ3n) is 3.62. The zero-order chi connectivity index (χ0) is 15.1. The molecule has 0 atom stereocenters. The molecule has 3 heteroatoms. The molecule has 2 aromatic carbocycles. The van der Waals surface area contributed by atoms with Crippen LogP contribution in [0.1, 0.15) is 18.1 Å².